The average Bonchev–Trinajstić information content (AvgIpc) is 2.96. The summed E-state index contributed by atoms with van der Waals surface area (Å²) in [5.41, 5.74) is 1.13. The van der Waals surface area contributed by atoms with Gasteiger partial charge in [-0.05, 0) is 11.6 Å². The Hall–Kier alpha value is -2.57. The Labute approximate surface area is 110 Å². The fourth-order valence-electron chi connectivity index (χ4n) is 1.45. The lowest BCUT2D eigenvalue weighted by Crippen LogP contribution is -2.16. The largest absolute Gasteiger partial charge is 0.468 e. The van der Waals surface area contributed by atoms with Crippen LogP contribution in [-0.4, -0.2) is 34.6 Å². The third-order valence-electron chi connectivity index (χ3n) is 2.44. The molecule has 100 valence electrons. The second-order valence-corrected chi connectivity index (χ2v) is 3.79. The molecule has 0 aliphatic carbocycles. The summed E-state index contributed by atoms with van der Waals surface area (Å²) in [6.07, 6.45) is 5.20. The SMILES string of the molecule is COC(=O)CNc1cc(NCc2cc[nH]c2)ncn1. The lowest BCUT2D eigenvalue weighted by molar-refractivity contribution is -0.138. The Morgan fingerprint density at radius 1 is 1.37 bits per heavy atom. The Kier molecular flexibility index (Phi) is 4.33. The monoisotopic (exact) mass is 261 g/mol. The molecule has 0 bridgehead atoms. The summed E-state index contributed by atoms with van der Waals surface area (Å²) < 4.78 is 4.53. The predicted molar refractivity (Wildman–Crippen MR) is 70.7 cm³/mol. The van der Waals surface area contributed by atoms with Gasteiger partial charge in [0.25, 0.3) is 0 Å². The summed E-state index contributed by atoms with van der Waals surface area (Å²) in [5.74, 6) is 0.904. The van der Waals surface area contributed by atoms with E-state index in [-0.39, 0.29) is 12.5 Å². The van der Waals surface area contributed by atoms with Gasteiger partial charge >= 0.3 is 5.97 Å². The van der Waals surface area contributed by atoms with Crippen LogP contribution in [0.2, 0.25) is 0 Å². The first-order valence-electron chi connectivity index (χ1n) is 5.76. The van der Waals surface area contributed by atoms with Crippen molar-refractivity contribution in [3.05, 3.63) is 36.4 Å². The van der Waals surface area contributed by atoms with E-state index in [9.17, 15) is 4.79 Å². The van der Waals surface area contributed by atoms with Crippen LogP contribution in [0.25, 0.3) is 0 Å². The first-order chi connectivity index (χ1) is 9.28. The van der Waals surface area contributed by atoms with E-state index >= 15 is 0 Å². The van der Waals surface area contributed by atoms with Crippen LogP contribution in [-0.2, 0) is 16.1 Å². The van der Waals surface area contributed by atoms with E-state index in [4.69, 9.17) is 0 Å². The molecule has 3 N–H and O–H groups in total. The van der Waals surface area contributed by atoms with Crippen LogP contribution < -0.4 is 10.6 Å². The number of anilines is 2. The quantitative estimate of drug-likeness (QED) is 0.672. The van der Waals surface area contributed by atoms with E-state index < -0.39 is 0 Å². The second-order valence-electron chi connectivity index (χ2n) is 3.79. The van der Waals surface area contributed by atoms with Crippen LogP contribution in [0.4, 0.5) is 11.6 Å². The fourth-order valence-corrected chi connectivity index (χ4v) is 1.45. The van der Waals surface area contributed by atoms with Crippen molar-refractivity contribution in [3.63, 3.8) is 0 Å². The Bertz CT molecular complexity index is 527. The van der Waals surface area contributed by atoms with E-state index in [0.717, 1.165) is 5.56 Å². The van der Waals surface area contributed by atoms with Gasteiger partial charge in [-0.1, -0.05) is 0 Å². The number of carbonyl (C=O) groups excluding carboxylic acids is 1. The molecule has 0 unspecified atom stereocenters. The first-order valence-corrected chi connectivity index (χ1v) is 5.76. The maximum atomic E-state index is 11.0. The molecule has 0 fully saturated rings. The van der Waals surface area contributed by atoms with Crippen molar-refractivity contribution in [3.8, 4) is 0 Å². The first kappa shape index (κ1) is 12.9. The van der Waals surface area contributed by atoms with Gasteiger partial charge in [0.15, 0.2) is 0 Å². The van der Waals surface area contributed by atoms with Gasteiger partial charge in [-0.15, -0.1) is 0 Å². The van der Waals surface area contributed by atoms with Crippen LogP contribution in [0.15, 0.2) is 30.9 Å². The topological polar surface area (TPSA) is 91.9 Å². The zero-order valence-electron chi connectivity index (χ0n) is 10.5. The molecule has 0 radical (unpaired) electrons. The van der Waals surface area contributed by atoms with Crippen molar-refractivity contribution in [1.29, 1.82) is 0 Å². The van der Waals surface area contributed by atoms with Gasteiger partial charge in [0, 0.05) is 25.0 Å². The molecule has 7 heteroatoms. The van der Waals surface area contributed by atoms with Gasteiger partial charge in [0.2, 0.25) is 0 Å². The van der Waals surface area contributed by atoms with Crippen molar-refractivity contribution in [2.24, 2.45) is 0 Å². The summed E-state index contributed by atoms with van der Waals surface area (Å²) in [7, 11) is 1.34. The third-order valence-corrected chi connectivity index (χ3v) is 2.44. The van der Waals surface area contributed by atoms with Crippen molar-refractivity contribution >= 4 is 17.6 Å². The van der Waals surface area contributed by atoms with E-state index in [1.165, 1.54) is 13.4 Å². The molecule has 2 heterocycles. The number of carbonyl (C=O) groups is 1. The molecule has 0 atom stereocenters. The summed E-state index contributed by atoms with van der Waals surface area (Å²) in [5, 5.41) is 6.02. The van der Waals surface area contributed by atoms with Crippen LogP contribution in [0.5, 0.6) is 0 Å². The van der Waals surface area contributed by atoms with E-state index in [2.05, 4.69) is 30.3 Å². The van der Waals surface area contributed by atoms with Gasteiger partial charge < -0.3 is 20.4 Å². The highest BCUT2D eigenvalue weighted by Gasteiger charge is 2.02. The van der Waals surface area contributed by atoms with Gasteiger partial charge in [-0.25, -0.2) is 9.97 Å². The third kappa shape index (κ3) is 3.98. The number of aromatic nitrogens is 3. The van der Waals surface area contributed by atoms with Crippen molar-refractivity contribution in [2.75, 3.05) is 24.3 Å². The summed E-state index contributed by atoms with van der Waals surface area (Å²) in [6.45, 7) is 0.738. The standard InChI is InChI=1S/C12H15N5O2/c1-19-12(18)7-15-11-4-10(16-8-17-11)14-6-9-2-3-13-5-9/h2-5,8,13H,6-7H2,1H3,(H2,14,15,16,17). The molecule has 0 saturated heterocycles. The van der Waals surface area contributed by atoms with Crippen LogP contribution >= 0.6 is 0 Å². The number of nitrogens with one attached hydrogen (secondary N) is 3. The lowest BCUT2D eigenvalue weighted by Gasteiger charge is -2.07. The highest BCUT2D eigenvalue weighted by Crippen LogP contribution is 2.09. The molecular weight excluding hydrogens is 246 g/mol. The Morgan fingerprint density at radius 3 is 2.84 bits per heavy atom. The zero-order chi connectivity index (χ0) is 13.5. The molecule has 0 spiro atoms. The molecule has 0 saturated carbocycles. The number of hydrogen-bond donors (Lipinski definition) is 3. The summed E-state index contributed by atoms with van der Waals surface area (Å²) in [4.78, 5) is 22.1. The molecule has 0 aliphatic heterocycles. The highest BCUT2D eigenvalue weighted by molar-refractivity contribution is 5.74. The van der Waals surface area contributed by atoms with Crippen LogP contribution in [0.1, 0.15) is 5.56 Å². The predicted octanol–water partition coefficient (Wildman–Crippen LogP) is 1.00. The van der Waals surface area contributed by atoms with Crippen LogP contribution in [0.3, 0.4) is 0 Å². The number of nitrogens with zero attached hydrogens (tertiary/aromatic N) is 2. The number of H-pyrrole nitrogens is 1. The molecule has 2 aromatic rings. The minimum atomic E-state index is -0.347. The number of ether oxygens (including phenoxy) is 1. The van der Waals surface area contributed by atoms with Gasteiger partial charge in [-0.3, -0.25) is 4.79 Å². The van der Waals surface area contributed by atoms with E-state index in [1.807, 2.05) is 18.5 Å². The molecule has 0 amide bonds. The average molecular weight is 261 g/mol. The number of hydrogen-bond acceptors (Lipinski definition) is 6. The Morgan fingerprint density at radius 2 is 2.16 bits per heavy atom. The van der Waals surface area contributed by atoms with Crippen molar-refractivity contribution in [2.45, 2.75) is 6.54 Å². The highest BCUT2D eigenvalue weighted by atomic mass is 16.5. The number of methoxy groups -OCH3 is 1. The van der Waals surface area contributed by atoms with E-state index in [0.29, 0.717) is 18.2 Å². The number of rotatable bonds is 6. The maximum Gasteiger partial charge on any atom is 0.325 e. The zero-order valence-corrected chi connectivity index (χ0v) is 10.5. The normalized spacial score (nSPS) is 9.95. The Balaban J connectivity index is 1.89. The van der Waals surface area contributed by atoms with Crippen molar-refractivity contribution in [1.82, 2.24) is 15.0 Å². The molecule has 2 rings (SSSR count). The fraction of sp³-hybridized carbons (Fsp3) is 0.250. The van der Waals surface area contributed by atoms with Gasteiger partial charge in [-0.2, -0.15) is 0 Å². The molecule has 0 aromatic carbocycles. The van der Waals surface area contributed by atoms with Gasteiger partial charge in [0.1, 0.15) is 24.5 Å². The van der Waals surface area contributed by atoms with E-state index in [1.54, 1.807) is 6.07 Å². The molecule has 7 nitrogen and oxygen atoms in total. The maximum absolute atomic E-state index is 11.0. The summed E-state index contributed by atoms with van der Waals surface area (Å²) in [6, 6.07) is 3.71. The molecule has 19 heavy (non-hydrogen) atoms. The second kappa shape index (κ2) is 6.39. The van der Waals surface area contributed by atoms with Crippen LogP contribution in [0, 0.1) is 0 Å². The molecule has 0 aliphatic rings. The summed E-state index contributed by atoms with van der Waals surface area (Å²) >= 11 is 0. The van der Waals surface area contributed by atoms with Crippen molar-refractivity contribution < 1.29 is 9.53 Å². The number of aromatic amines is 1. The van der Waals surface area contributed by atoms with Gasteiger partial charge in [0.05, 0.1) is 7.11 Å². The molecular formula is C12H15N5O2. The minimum absolute atomic E-state index is 0.0742. The number of esters is 1. The molecule has 2 aromatic heterocycles. The minimum Gasteiger partial charge on any atom is -0.468 e. The smallest absolute Gasteiger partial charge is 0.325 e. The lowest BCUT2D eigenvalue weighted by atomic mass is 10.3.